The number of nitrogens with zero attached hydrogens (tertiary/aromatic N) is 1. The molecule has 24 heavy (non-hydrogen) atoms. The van der Waals surface area contributed by atoms with Crippen molar-refractivity contribution in [2.45, 2.75) is 13.0 Å². The van der Waals surface area contributed by atoms with Gasteiger partial charge in [0.25, 0.3) is 11.8 Å². The minimum absolute atomic E-state index is 0.294. The van der Waals surface area contributed by atoms with Gasteiger partial charge in [0.15, 0.2) is 0 Å². The van der Waals surface area contributed by atoms with Crippen LogP contribution in [0, 0.1) is 0 Å². The summed E-state index contributed by atoms with van der Waals surface area (Å²) in [5, 5.41) is 3.28. The number of amides is 3. The first-order valence-electron chi connectivity index (χ1n) is 7.13. The van der Waals surface area contributed by atoms with Crippen LogP contribution in [0.3, 0.4) is 0 Å². The summed E-state index contributed by atoms with van der Waals surface area (Å²) in [6.45, 7) is 1.49. The fraction of sp³-hybridized carbons (Fsp3) is 0.118. The molecular formula is C17H12Cl2N2O3. The quantitative estimate of drug-likeness (QED) is 0.848. The van der Waals surface area contributed by atoms with Gasteiger partial charge in [0, 0.05) is 5.69 Å². The van der Waals surface area contributed by atoms with Crippen LogP contribution in [-0.4, -0.2) is 28.7 Å². The maximum absolute atomic E-state index is 12.4. The van der Waals surface area contributed by atoms with Crippen molar-refractivity contribution in [3.63, 3.8) is 0 Å². The first kappa shape index (κ1) is 16.5. The van der Waals surface area contributed by atoms with Gasteiger partial charge in [0.1, 0.15) is 6.04 Å². The zero-order chi connectivity index (χ0) is 17.4. The molecule has 1 heterocycles. The molecule has 0 unspecified atom stereocenters. The predicted molar refractivity (Wildman–Crippen MR) is 91.5 cm³/mol. The van der Waals surface area contributed by atoms with Crippen molar-refractivity contribution >= 4 is 46.6 Å². The third kappa shape index (κ3) is 2.77. The Balaban J connectivity index is 1.80. The van der Waals surface area contributed by atoms with Gasteiger partial charge in [-0.3, -0.25) is 19.3 Å². The number of benzene rings is 2. The Morgan fingerprint density at radius 3 is 2.12 bits per heavy atom. The molecule has 3 amide bonds. The van der Waals surface area contributed by atoms with Gasteiger partial charge < -0.3 is 5.32 Å². The third-order valence-corrected chi connectivity index (χ3v) is 4.52. The van der Waals surface area contributed by atoms with E-state index in [0.717, 1.165) is 4.90 Å². The van der Waals surface area contributed by atoms with E-state index in [-0.39, 0.29) is 0 Å². The number of carbonyl (C=O) groups excluding carboxylic acids is 3. The molecule has 3 rings (SSSR count). The SMILES string of the molecule is C[C@H](C(=O)Nc1ccc(Cl)c(Cl)c1)N1C(=O)c2ccccc2C1=O. The molecule has 0 aromatic heterocycles. The fourth-order valence-corrected chi connectivity index (χ4v) is 2.80. The summed E-state index contributed by atoms with van der Waals surface area (Å²) in [5.74, 6) is -1.46. The smallest absolute Gasteiger partial charge is 0.262 e. The Morgan fingerprint density at radius 1 is 1.00 bits per heavy atom. The van der Waals surface area contributed by atoms with Crippen molar-refractivity contribution in [3.05, 3.63) is 63.6 Å². The van der Waals surface area contributed by atoms with Crippen molar-refractivity contribution < 1.29 is 14.4 Å². The van der Waals surface area contributed by atoms with Crippen LogP contribution in [0.25, 0.3) is 0 Å². The lowest BCUT2D eigenvalue weighted by Gasteiger charge is -2.21. The van der Waals surface area contributed by atoms with E-state index < -0.39 is 23.8 Å². The van der Waals surface area contributed by atoms with Crippen molar-refractivity contribution in [1.82, 2.24) is 4.90 Å². The Kier molecular flexibility index (Phi) is 4.30. The predicted octanol–water partition coefficient (Wildman–Crippen LogP) is 3.62. The molecule has 5 nitrogen and oxygen atoms in total. The molecule has 1 aliphatic rings. The van der Waals surface area contributed by atoms with E-state index in [2.05, 4.69) is 5.32 Å². The molecule has 7 heteroatoms. The highest BCUT2D eigenvalue weighted by Gasteiger charge is 2.40. The van der Waals surface area contributed by atoms with Crippen LogP contribution in [0.15, 0.2) is 42.5 Å². The average molecular weight is 363 g/mol. The molecule has 0 bridgehead atoms. The maximum atomic E-state index is 12.4. The summed E-state index contributed by atoms with van der Waals surface area (Å²) in [5.41, 5.74) is 1.03. The highest BCUT2D eigenvalue weighted by Crippen LogP contribution is 2.27. The van der Waals surface area contributed by atoms with E-state index in [1.54, 1.807) is 36.4 Å². The summed E-state index contributed by atoms with van der Waals surface area (Å²) in [4.78, 5) is 38.1. The molecule has 2 aromatic rings. The van der Waals surface area contributed by atoms with Gasteiger partial charge in [-0.2, -0.15) is 0 Å². The van der Waals surface area contributed by atoms with Gasteiger partial charge in [-0.15, -0.1) is 0 Å². The summed E-state index contributed by atoms with van der Waals surface area (Å²) < 4.78 is 0. The second-order valence-corrected chi connectivity index (χ2v) is 6.13. The number of imide groups is 1. The number of nitrogens with one attached hydrogen (secondary N) is 1. The van der Waals surface area contributed by atoms with Crippen LogP contribution >= 0.6 is 23.2 Å². The van der Waals surface area contributed by atoms with Crippen LogP contribution in [0.2, 0.25) is 10.0 Å². The number of carbonyl (C=O) groups is 3. The van der Waals surface area contributed by atoms with Crippen LogP contribution in [-0.2, 0) is 4.79 Å². The molecule has 122 valence electrons. The highest BCUT2D eigenvalue weighted by molar-refractivity contribution is 6.42. The Morgan fingerprint density at radius 2 is 1.58 bits per heavy atom. The molecule has 0 saturated heterocycles. The summed E-state index contributed by atoms with van der Waals surface area (Å²) in [6, 6.07) is 10.1. The lowest BCUT2D eigenvalue weighted by atomic mass is 10.1. The van der Waals surface area contributed by atoms with E-state index >= 15 is 0 Å². The zero-order valence-corrected chi connectivity index (χ0v) is 14.1. The minimum Gasteiger partial charge on any atom is -0.324 e. The number of hydrogen-bond acceptors (Lipinski definition) is 3. The number of halogens is 2. The van der Waals surface area contributed by atoms with Gasteiger partial charge in [-0.25, -0.2) is 0 Å². The molecule has 0 spiro atoms. The van der Waals surface area contributed by atoms with Gasteiger partial charge in [0.2, 0.25) is 5.91 Å². The van der Waals surface area contributed by atoms with Crippen molar-refractivity contribution in [1.29, 1.82) is 0 Å². The Bertz CT molecular complexity index is 832. The van der Waals surface area contributed by atoms with Crippen molar-refractivity contribution in [2.24, 2.45) is 0 Å². The molecular weight excluding hydrogens is 351 g/mol. The third-order valence-electron chi connectivity index (χ3n) is 3.78. The fourth-order valence-electron chi connectivity index (χ4n) is 2.50. The topological polar surface area (TPSA) is 66.5 Å². The zero-order valence-electron chi connectivity index (χ0n) is 12.5. The Hall–Kier alpha value is -2.37. The van der Waals surface area contributed by atoms with Crippen LogP contribution in [0.5, 0.6) is 0 Å². The molecule has 2 aromatic carbocycles. The lowest BCUT2D eigenvalue weighted by Crippen LogP contribution is -2.45. The first-order chi connectivity index (χ1) is 11.4. The standard InChI is InChI=1S/C17H12Cl2N2O3/c1-9(15(22)20-10-6-7-13(18)14(19)8-10)21-16(23)11-4-2-3-5-12(11)17(21)24/h2-9H,1H3,(H,20,22)/t9-/m1/s1. The van der Waals surface area contributed by atoms with Crippen molar-refractivity contribution in [2.75, 3.05) is 5.32 Å². The number of rotatable bonds is 3. The minimum atomic E-state index is -0.966. The Labute approximate surface area is 148 Å². The molecule has 0 saturated carbocycles. The molecule has 0 fully saturated rings. The summed E-state index contributed by atoms with van der Waals surface area (Å²) in [7, 11) is 0. The monoisotopic (exact) mass is 362 g/mol. The molecule has 1 aliphatic heterocycles. The van der Waals surface area contributed by atoms with Gasteiger partial charge >= 0.3 is 0 Å². The average Bonchev–Trinajstić information content (AvgIpc) is 2.82. The normalized spacial score (nSPS) is 14.5. The number of anilines is 1. The largest absolute Gasteiger partial charge is 0.324 e. The number of fused-ring (bicyclic) bond motifs is 1. The van der Waals surface area contributed by atoms with E-state index in [1.807, 2.05) is 0 Å². The highest BCUT2D eigenvalue weighted by atomic mass is 35.5. The van der Waals surface area contributed by atoms with Gasteiger partial charge in [-0.1, -0.05) is 35.3 Å². The first-order valence-corrected chi connectivity index (χ1v) is 7.88. The van der Waals surface area contributed by atoms with E-state index in [0.29, 0.717) is 26.9 Å². The van der Waals surface area contributed by atoms with Crippen LogP contribution in [0.4, 0.5) is 5.69 Å². The van der Waals surface area contributed by atoms with Gasteiger partial charge in [0.05, 0.1) is 21.2 Å². The summed E-state index contributed by atoms with van der Waals surface area (Å²) >= 11 is 11.7. The molecule has 0 aliphatic carbocycles. The second-order valence-electron chi connectivity index (χ2n) is 5.32. The molecule has 1 N–H and O–H groups in total. The summed E-state index contributed by atoms with van der Waals surface area (Å²) in [6.07, 6.45) is 0. The lowest BCUT2D eigenvalue weighted by molar-refractivity contribution is -0.119. The van der Waals surface area contributed by atoms with E-state index in [9.17, 15) is 14.4 Å². The maximum Gasteiger partial charge on any atom is 0.262 e. The number of hydrogen-bond donors (Lipinski definition) is 1. The van der Waals surface area contributed by atoms with Gasteiger partial charge in [-0.05, 0) is 37.3 Å². The van der Waals surface area contributed by atoms with E-state index in [4.69, 9.17) is 23.2 Å². The van der Waals surface area contributed by atoms with E-state index in [1.165, 1.54) is 13.0 Å². The van der Waals surface area contributed by atoms with Crippen LogP contribution < -0.4 is 5.32 Å². The molecule has 1 atom stereocenters. The van der Waals surface area contributed by atoms with Crippen LogP contribution in [0.1, 0.15) is 27.6 Å². The molecule has 0 radical (unpaired) electrons. The van der Waals surface area contributed by atoms with Crippen molar-refractivity contribution in [3.8, 4) is 0 Å². The second kappa shape index (κ2) is 6.26.